The third-order valence-corrected chi connectivity index (χ3v) is 2.09. The largest absolute Gasteiger partial charge is 0.323 e. The van der Waals surface area contributed by atoms with Gasteiger partial charge in [0.25, 0.3) is 5.91 Å². The van der Waals surface area contributed by atoms with Gasteiger partial charge in [-0.05, 0) is 6.92 Å². The van der Waals surface area contributed by atoms with Crippen LogP contribution in [0, 0.1) is 0 Å². The van der Waals surface area contributed by atoms with Crippen molar-refractivity contribution in [3.8, 4) is 0 Å². The zero-order chi connectivity index (χ0) is 8.65. The fourth-order valence-corrected chi connectivity index (χ4v) is 1.07. The Balaban J connectivity index is 2.92. The van der Waals surface area contributed by atoms with Gasteiger partial charge < -0.3 is 5.32 Å². The van der Waals surface area contributed by atoms with E-state index in [1.807, 2.05) is 0 Å². The van der Waals surface area contributed by atoms with E-state index in [9.17, 15) is 9.59 Å². The number of carbonyl (C=O) groups excluding carboxylic acids is 2. The van der Waals surface area contributed by atoms with Crippen LogP contribution in [0.25, 0.3) is 0 Å². The first-order valence-electron chi connectivity index (χ1n) is 2.95. The number of alkyl halides is 1. The molecule has 1 saturated heterocycles. The summed E-state index contributed by atoms with van der Waals surface area (Å²) < 4.78 is -0.813. The van der Waals surface area contributed by atoms with Crippen molar-refractivity contribution in [3.63, 3.8) is 0 Å². The molecule has 1 heterocycles. The highest BCUT2D eigenvalue weighted by molar-refractivity contribution is 9.10. The summed E-state index contributed by atoms with van der Waals surface area (Å²) in [6.45, 7) is 5.15. The van der Waals surface area contributed by atoms with E-state index in [1.54, 1.807) is 6.92 Å². The number of hydrogen-bond donors (Lipinski definition) is 2. The van der Waals surface area contributed by atoms with Crippen molar-refractivity contribution in [1.29, 1.82) is 0 Å². The Kier molecular flexibility index (Phi) is 1.75. The number of nitrogens with one attached hydrogen (secondary N) is 2. The molecule has 3 amide bonds. The van der Waals surface area contributed by atoms with Crippen LogP contribution in [0.5, 0.6) is 0 Å². The number of urea groups is 1. The molecule has 0 spiro atoms. The second-order valence-electron chi connectivity index (χ2n) is 2.39. The molecular weight excluding hydrogens is 212 g/mol. The molecule has 0 aromatic heterocycles. The fraction of sp³-hybridized carbons (Fsp3) is 0.333. The van der Waals surface area contributed by atoms with Crippen molar-refractivity contribution in [2.75, 3.05) is 0 Å². The van der Waals surface area contributed by atoms with E-state index in [0.29, 0.717) is 0 Å². The molecule has 1 unspecified atom stereocenters. The van der Waals surface area contributed by atoms with Crippen LogP contribution in [-0.2, 0) is 4.79 Å². The predicted molar refractivity (Wildman–Crippen MR) is 43.1 cm³/mol. The molecule has 4 nitrogen and oxygen atoms in total. The maximum Gasteiger partial charge on any atom is 0.323 e. The minimum absolute atomic E-state index is 0.289. The highest BCUT2D eigenvalue weighted by atomic mass is 79.9. The average molecular weight is 219 g/mol. The number of hydrogen-bond acceptors (Lipinski definition) is 2. The second-order valence-corrected chi connectivity index (χ2v) is 3.98. The Labute approximate surface area is 72.2 Å². The van der Waals surface area contributed by atoms with Gasteiger partial charge in [0.1, 0.15) is 4.45 Å². The third-order valence-electron chi connectivity index (χ3n) is 1.42. The summed E-state index contributed by atoms with van der Waals surface area (Å²) in [4.78, 5) is 21.6. The van der Waals surface area contributed by atoms with E-state index in [-0.39, 0.29) is 5.57 Å². The summed E-state index contributed by atoms with van der Waals surface area (Å²) in [6.07, 6.45) is 0. The average Bonchev–Trinajstić information content (AvgIpc) is 1.81. The van der Waals surface area contributed by atoms with Crippen molar-refractivity contribution < 1.29 is 9.59 Å². The van der Waals surface area contributed by atoms with Crippen LogP contribution in [0.3, 0.4) is 0 Å². The van der Waals surface area contributed by atoms with Crippen LogP contribution in [0.4, 0.5) is 4.79 Å². The number of carbonyl (C=O) groups is 2. The highest BCUT2D eigenvalue weighted by Gasteiger charge is 2.36. The molecule has 5 heteroatoms. The smallest absolute Gasteiger partial charge is 0.319 e. The summed E-state index contributed by atoms with van der Waals surface area (Å²) in [5.41, 5.74) is 0.289. The Morgan fingerprint density at radius 2 is 2.09 bits per heavy atom. The summed E-state index contributed by atoms with van der Waals surface area (Å²) in [5.74, 6) is -0.451. The monoisotopic (exact) mass is 218 g/mol. The molecule has 11 heavy (non-hydrogen) atoms. The number of halogens is 1. The van der Waals surface area contributed by atoms with Gasteiger partial charge in [0.2, 0.25) is 0 Å². The first-order chi connectivity index (χ1) is 4.93. The molecule has 1 atom stereocenters. The molecule has 0 aromatic rings. The van der Waals surface area contributed by atoms with Crippen molar-refractivity contribution >= 4 is 27.9 Å². The van der Waals surface area contributed by atoms with Crippen LogP contribution in [0.1, 0.15) is 6.92 Å². The quantitative estimate of drug-likeness (QED) is 0.354. The molecule has 60 valence electrons. The predicted octanol–water partition coefficient (Wildman–Crippen LogP) is 0.493. The van der Waals surface area contributed by atoms with E-state index in [2.05, 4.69) is 33.1 Å². The van der Waals surface area contributed by atoms with Gasteiger partial charge in [0.05, 0.1) is 0 Å². The molecule has 2 N–H and O–H groups in total. The maximum atomic E-state index is 10.9. The zero-order valence-electron chi connectivity index (χ0n) is 5.90. The first kappa shape index (κ1) is 8.26. The van der Waals surface area contributed by atoms with E-state index in [4.69, 9.17) is 0 Å². The minimum Gasteiger partial charge on any atom is -0.319 e. The summed E-state index contributed by atoms with van der Waals surface area (Å²) in [7, 11) is 0. The molecule has 0 radical (unpaired) electrons. The van der Waals surface area contributed by atoms with Gasteiger partial charge in [0.15, 0.2) is 0 Å². The first-order valence-corrected chi connectivity index (χ1v) is 3.74. The number of rotatable bonds is 0. The fourth-order valence-electron chi connectivity index (χ4n) is 0.712. The number of amides is 3. The molecule has 0 saturated carbocycles. The summed E-state index contributed by atoms with van der Waals surface area (Å²) >= 11 is 3.15. The van der Waals surface area contributed by atoms with Crippen LogP contribution < -0.4 is 10.6 Å². The molecular formula is C6H7BrN2O2. The van der Waals surface area contributed by atoms with Crippen LogP contribution in [0.15, 0.2) is 12.2 Å². The van der Waals surface area contributed by atoms with Gasteiger partial charge in [-0.2, -0.15) is 0 Å². The lowest BCUT2D eigenvalue weighted by molar-refractivity contribution is -0.117. The Morgan fingerprint density at radius 3 is 2.55 bits per heavy atom. The lowest BCUT2D eigenvalue weighted by Crippen LogP contribution is -2.57. The molecule has 1 fully saturated rings. The number of imide groups is 1. The Morgan fingerprint density at radius 1 is 1.55 bits per heavy atom. The van der Waals surface area contributed by atoms with Gasteiger partial charge in [0, 0.05) is 5.57 Å². The highest BCUT2D eigenvalue weighted by Crippen LogP contribution is 2.24. The molecule has 0 aromatic carbocycles. The molecule has 0 aliphatic carbocycles. The van der Waals surface area contributed by atoms with E-state index in [1.165, 1.54) is 0 Å². The van der Waals surface area contributed by atoms with E-state index >= 15 is 0 Å². The molecule has 1 aliphatic heterocycles. The van der Waals surface area contributed by atoms with E-state index in [0.717, 1.165) is 0 Å². The molecule has 1 aliphatic rings. The van der Waals surface area contributed by atoms with Gasteiger partial charge in [-0.15, -0.1) is 0 Å². The Hall–Kier alpha value is -0.840. The third kappa shape index (κ3) is 1.42. The van der Waals surface area contributed by atoms with Crippen molar-refractivity contribution in [3.05, 3.63) is 12.2 Å². The van der Waals surface area contributed by atoms with Gasteiger partial charge in [-0.25, -0.2) is 4.79 Å². The lowest BCUT2D eigenvalue weighted by Gasteiger charge is -2.29. The summed E-state index contributed by atoms with van der Waals surface area (Å²) in [5, 5.41) is 4.55. The van der Waals surface area contributed by atoms with Gasteiger partial charge >= 0.3 is 6.03 Å². The van der Waals surface area contributed by atoms with Crippen molar-refractivity contribution in [2.45, 2.75) is 11.4 Å². The van der Waals surface area contributed by atoms with Crippen LogP contribution in [0.2, 0.25) is 0 Å². The normalized spacial score (nSPS) is 31.3. The topological polar surface area (TPSA) is 58.2 Å². The van der Waals surface area contributed by atoms with Crippen molar-refractivity contribution in [1.82, 2.24) is 10.6 Å². The van der Waals surface area contributed by atoms with Crippen LogP contribution in [-0.4, -0.2) is 16.4 Å². The van der Waals surface area contributed by atoms with Crippen LogP contribution >= 0.6 is 15.9 Å². The molecule has 1 rings (SSSR count). The minimum atomic E-state index is -0.813. The van der Waals surface area contributed by atoms with Gasteiger partial charge in [-0.3, -0.25) is 10.1 Å². The van der Waals surface area contributed by atoms with E-state index < -0.39 is 16.4 Å². The maximum absolute atomic E-state index is 10.9. The molecule has 0 bridgehead atoms. The lowest BCUT2D eigenvalue weighted by atomic mass is 10.1. The van der Waals surface area contributed by atoms with Crippen molar-refractivity contribution in [2.24, 2.45) is 0 Å². The Bertz CT molecular complexity index is 247. The van der Waals surface area contributed by atoms with Gasteiger partial charge in [-0.1, -0.05) is 22.5 Å². The summed E-state index contributed by atoms with van der Waals surface area (Å²) in [6, 6.07) is -0.512. The standard InChI is InChI=1S/C6H7BrN2O2/c1-3-4(10)8-5(11)9-6(3,2)7/h1H2,2H3,(H2,8,9,10,11). The SMILES string of the molecule is C=C1C(=O)NC(=O)NC1(C)Br. The second kappa shape index (κ2) is 2.34. The zero-order valence-corrected chi connectivity index (χ0v) is 7.49.